The lowest BCUT2D eigenvalue weighted by Crippen LogP contribution is -2.37. The highest BCUT2D eigenvalue weighted by Crippen LogP contribution is 2.28. The summed E-state index contributed by atoms with van der Waals surface area (Å²) in [5.74, 6) is 0.616. The summed E-state index contributed by atoms with van der Waals surface area (Å²) in [4.78, 5) is 14.8. The van der Waals surface area contributed by atoms with Crippen molar-refractivity contribution in [3.05, 3.63) is 71.0 Å². The minimum atomic E-state index is -3.52. The first-order valence-electron chi connectivity index (χ1n) is 12.7. The largest absolute Gasteiger partial charge is 0.383 e. The number of nitrogens with zero attached hydrogens (tertiary/aromatic N) is 1. The van der Waals surface area contributed by atoms with Crippen LogP contribution in [0.4, 0.5) is 4.39 Å². The van der Waals surface area contributed by atoms with Gasteiger partial charge >= 0.3 is 10.1 Å². The molecule has 9 heteroatoms. The molecule has 1 saturated carbocycles. The summed E-state index contributed by atoms with van der Waals surface area (Å²) in [6.45, 7) is 3.01. The monoisotopic (exact) mass is 550 g/mol. The molecule has 2 aromatic rings. The van der Waals surface area contributed by atoms with Crippen LogP contribution in [0.5, 0.6) is 5.75 Å². The van der Waals surface area contributed by atoms with Gasteiger partial charge in [0.05, 0.1) is 6.26 Å². The van der Waals surface area contributed by atoms with E-state index in [1.807, 2.05) is 12.1 Å². The van der Waals surface area contributed by atoms with Crippen LogP contribution in [-0.4, -0.2) is 51.2 Å². The number of carbonyl (C=O) groups is 1. The van der Waals surface area contributed by atoms with Crippen LogP contribution in [0.25, 0.3) is 6.08 Å². The van der Waals surface area contributed by atoms with Crippen molar-refractivity contribution in [2.45, 2.75) is 51.0 Å². The topological polar surface area (TPSA) is 75.7 Å². The van der Waals surface area contributed by atoms with Gasteiger partial charge in [-0.25, -0.2) is 4.39 Å². The Balaban J connectivity index is 0.00000380. The Morgan fingerprint density at radius 1 is 1.08 bits per heavy atom. The van der Waals surface area contributed by atoms with Gasteiger partial charge in [0.1, 0.15) is 11.6 Å². The highest BCUT2D eigenvalue weighted by atomic mass is 35.5. The summed E-state index contributed by atoms with van der Waals surface area (Å²) in [5, 5.41) is 3.09. The molecule has 0 spiro atoms. The Morgan fingerprint density at radius 2 is 1.81 bits per heavy atom. The van der Waals surface area contributed by atoms with Gasteiger partial charge in [-0.05, 0) is 104 Å². The third kappa shape index (κ3) is 9.43. The van der Waals surface area contributed by atoms with Crippen molar-refractivity contribution in [2.75, 3.05) is 25.9 Å². The fourth-order valence-electron chi connectivity index (χ4n) is 5.19. The summed E-state index contributed by atoms with van der Waals surface area (Å²) < 4.78 is 41.2. The number of rotatable bonds is 8. The lowest BCUT2D eigenvalue weighted by atomic mass is 9.84. The molecule has 0 saturated heterocycles. The molecule has 202 valence electrons. The SMILES string of the molecule is CS(=O)(=O)Oc1ccc2c(c1)CCN(CCC1CCC(NC(=O)/C=C/c3cccc(F)c3)CC1)CC2.Cl. The molecule has 1 fully saturated rings. The minimum Gasteiger partial charge on any atom is -0.383 e. The number of halogens is 2. The van der Waals surface area contributed by atoms with Gasteiger partial charge in [-0.2, -0.15) is 8.42 Å². The van der Waals surface area contributed by atoms with Crippen LogP contribution in [0, 0.1) is 11.7 Å². The molecule has 1 amide bonds. The van der Waals surface area contributed by atoms with Crippen LogP contribution < -0.4 is 9.50 Å². The molecular weight excluding hydrogens is 515 g/mol. The van der Waals surface area contributed by atoms with Crippen molar-refractivity contribution in [3.63, 3.8) is 0 Å². The third-order valence-corrected chi connectivity index (χ3v) is 7.64. The van der Waals surface area contributed by atoms with Crippen molar-refractivity contribution in [3.8, 4) is 5.75 Å². The number of nitrogens with one attached hydrogen (secondary N) is 1. The molecule has 0 bridgehead atoms. The zero-order valence-corrected chi connectivity index (χ0v) is 22.8. The fraction of sp³-hybridized carbons (Fsp3) is 0.464. The van der Waals surface area contributed by atoms with E-state index in [2.05, 4.69) is 10.2 Å². The standard InChI is InChI=1S/C28H35FN2O4S.ClH/c1-36(33,34)35-27-11-8-23-14-17-31(18-15-24(23)20-27)16-13-21-5-9-26(10-6-21)30-28(32)12-7-22-3-2-4-25(29)19-22;/h2-4,7-8,11-12,19-21,26H,5-6,9-10,13-18H2,1H3,(H,30,32);1H/b12-7+;. The van der Waals surface area contributed by atoms with Crippen LogP contribution in [0.15, 0.2) is 48.5 Å². The molecule has 1 aliphatic heterocycles. The van der Waals surface area contributed by atoms with E-state index in [-0.39, 0.29) is 30.2 Å². The summed E-state index contributed by atoms with van der Waals surface area (Å²) in [6.07, 6.45) is 11.4. The summed E-state index contributed by atoms with van der Waals surface area (Å²) in [5.41, 5.74) is 3.11. The van der Waals surface area contributed by atoms with Gasteiger partial charge in [0.15, 0.2) is 0 Å². The molecule has 6 nitrogen and oxygen atoms in total. The van der Waals surface area contributed by atoms with E-state index in [0.29, 0.717) is 17.2 Å². The first-order valence-corrected chi connectivity index (χ1v) is 14.5. The average Bonchev–Trinajstić information content (AvgIpc) is 3.03. The smallest absolute Gasteiger partial charge is 0.306 e. The van der Waals surface area contributed by atoms with Gasteiger partial charge in [0.2, 0.25) is 5.91 Å². The number of carbonyl (C=O) groups excluding carboxylic acids is 1. The third-order valence-electron chi connectivity index (χ3n) is 7.14. The van der Waals surface area contributed by atoms with E-state index in [1.54, 1.807) is 24.3 Å². The summed E-state index contributed by atoms with van der Waals surface area (Å²) >= 11 is 0. The van der Waals surface area contributed by atoms with Gasteiger partial charge in [-0.1, -0.05) is 18.2 Å². The maximum atomic E-state index is 13.3. The Hall–Kier alpha value is -2.42. The van der Waals surface area contributed by atoms with E-state index in [4.69, 9.17) is 4.18 Å². The Bertz CT molecular complexity index is 1200. The van der Waals surface area contributed by atoms with Crippen LogP contribution in [0.3, 0.4) is 0 Å². The summed E-state index contributed by atoms with van der Waals surface area (Å²) in [6, 6.07) is 12.0. The van der Waals surface area contributed by atoms with Crippen LogP contribution >= 0.6 is 12.4 Å². The van der Waals surface area contributed by atoms with Gasteiger partial charge in [0.25, 0.3) is 0 Å². The maximum Gasteiger partial charge on any atom is 0.306 e. The Labute approximate surface area is 225 Å². The second-order valence-electron chi connectivity index (χ2n) is 9.96. The number of benzene rings is 2. The molecule has 0 unspecified atom stereocenters. The average molecular weight is 551 g/mol. The van der Waals surface area contributed by atoms with E-state index in [9.17, 15) is 17.6 Å². The number of hydrogen-bond acceptors (Lipinski definition) is 5. The van der Waals surface area contributed by atoms with E-state index in [0.717, 1.165) is 70.8 Å². The molecule has 1 heterocycles. The molecule has 1 aliphatic carbocycles. The zero-order chi connectivity index (χ0) is 25.5. The molecular formula is C28H36ClFN2O4S. The molecule has 0 atom stereocenters. The summed E-state index contributed by atoms with van der Waals surface area (Å²) in [7, 11) is -3.52. The number of hydrogen-bond donors (Lipinski definition) is 1. The quantitative estimate of drug-likeness (QED) is 0.379. The lowest BCUT2D eigenvalue weighted by Gasteiger charge is -2.30. The van der Waals surface area contributed by atoms with E-state index >= 15 is 0 Å². The first kappa shape index (κ1) is 29.1. The second kappa shape index (κ2) is 13.4. The van der Waals surface area contributed by atoms with Crippen molar-refractivity contribution in [1.82, 2.24) is 10.2 Å². The van der Waals surface area contributed by atoms with Crippen LogP contribution in [0.2, 0.25) is 0 Å². The van der Waals surface area contributed by atoms with Crippen LogP contribution in [0.1, 0.15) is 48.8 Å². The van der Waals surface area contributed by atoms with Crippen molar-refractivity contribution >= 4 is 34.5 Å². The highest BCUT2D eigenvalue weighted by molar-refractivity contribution is 7.86. The number of amides is 1. The first-order chi connectivity index (χ1) is 17.2. The molecule has 2 aliphatic rings. The number of fused-ring (bicyclic) bond motifs is 1. The van der Waals surface area contributed by atoms with Gasteiger partial charge in [0, 0.05) is 25.2 Å². The fourth-order valence-corrected chi connectivity index (χ4v) is 5.64. The Kier molecular flexibility index (Phi) is 10.6. The maximum absolute atomic E-state index is 13.3. The van der Waals surface area contributed by atoms with Crippen molar-refractivity contribution in [1.29, 1.82) is 0 Å². The predicted octanol–water partition coefficient (Wildman–Crippen LogP) is 4.77. The molecule has 0 radical (unpaired) electrons. The molecule has 4 rings (SSSR count). The molecule has 2 aromatic carbocycles. The zero-order valence-electron chi connectivity index (χ0n) is 21.2. The van der Waals surface area contributed by atoms with Gasteiger partial charge in [-0.3, -0.25) is 4.79 Å². The van der Waals surface area contributed by atoms with E-state index in [1.165, 1.54) is 29.3 Å². The van der Waals surface area contributed by atoms with Crippen molar-refractivity contribution in [2.24, 2.45) is 5.92 Å². The van der Waals surface area contributed by atoms with E-state index < -0.39 is 10.1 Å². The van der Waals surface area contributed by atoms with Gasteiger partial charge < -0.3 is 14.4 Å². The van der Waals surface area contributed by atoms with Crippen LogP contribution in [-0.2, 0) is 27.8 Å². The predicted molar refractivity (Wildman–Crippen MR) is 147 cm³/mol. The molecule has 0 aromatic heterocycles. The molecule has 1 N–H and O–H groups in total. The lowest BCUT2D eigenvalue weighted by molar-refractivity contribution is -0.117. The Morgan fingerprint density at radius 3 is 2.51 bits per heavy atom. The normalized spacial score (nSPS) is 20.5. The van der Waals surface area contributed by atoms with Gasteiger partial charge in [-0.15, -0.1) is 12.4 Å². The highest BCUT2D eigenvalue weighted by Gasteiger charge is 2.23. The second-order valence-corrected chi connectivity index (χ2v) is 11.5. The van der Waals surface area contributed by atoms with Crippen molar-refractivity contribution < 1.29 is 21.8 Å². The molecule has 37 heavy (non-hydrogen) atoms. The minimum absolute atomic E-state index is 0.